The molecule has 1 aliphatic rings. The second-order valence-corrected chi connectivity index (χ2v) is 8.59. The van der Waals surface area contributed by atoms with Crippen molar-refractivity contribution in [1.29, 1.82) is 0 Å². The third-order valence-corrected chi connectivity index (χ3v) is 6.24. The lowest BCUT2D eigenvalue weighted by atomic mass is 10.1. The third-order valence-electron chi connectivity index (χ3n) is 6.24. The minimum Gasteiger partial charge on any atom is -0.467 e. The van der Waals surface area contributed by atoms with Gasteiger partial charge < -0.3 is 14.6 Å². The molecule has 0 spiro atoms. The van der Waals surface area contributed by atoms with Crippen molar-refractivity contribution in [3.05, 3.63) is 90.6 Å². The van der Waals surface area contributed by atoms with Crippen LogP contribution in [0.25, 0.3) is 22.3 Å². The van der Waals surface area contributed by atoms with Gasteiger partial charge in [0.25, 0.3) is 5.91 Å². The highest BCUT2D eigenvalue weighted by Gasteiger charge is 2.19. The normalized spacial score (nSPS) is 13.4. The van der Waals surface area contributed by atoms with Gasteiger partial charge in [0.1, 0.15) is 18.1 Å². The first-order valence-electron chi connectivity index (χ1n) is 11.7. The Morgan fingerprint density at radius 3 is 2.60 bits per heavy atom. The van der Waals surface area contributed by atoms with Gasteiger partial charge in [-0.05, 0) is 43.2 Å². The van der Waals surface area contributed by atoms with E-state index in [4.69, 9.17) is 9.40 Å². The number of fused-ring (bicyclic) bond motifs is 1. The zero-order valence-corrected chi connectivity index (χ0v) is 19.1. The van der Waals surface area contributed by atoms with Crippen LogP contribution in [0.5, 0.6) is 0 Å². The number of benzene rings is 1. The molecule has 35 heavy (non-hydrogen) atoms. The van der Waals surface area contributed by atoms with Gasteiger partial charge in [0.15, 0.2) is 5.65 Å². The maximum absolute atomic E-state index is 13.4. The Hall–Kier alpha value is -4.46. The summed E-state index contributed by atoms with van der Waals surface area (Å²) in [5.74, 6) is 1.47. The number of aromatic nitrogens is 4. The Morgan fingerprint density at radius 1 is 1.00 bits per heavy atom. The van der Waals surface area contributed by atoms with Crippen molar-refractivity contribution < 1.29 is 9.21 Å². The van der Waals surface area contributed by atoms with Crippen LogP contribution in [0.15, 0.2) is 83.7 Å². The standard InChI is InChI=1S/C27H24N6O2/c34-27(30-20-10-11-25(28-16-20)32-12-4-5-13-32)22-15-24(19-7-2-1-3-8-19)31-26-23(22)17-29-33(26)18-21-9-6-14-35-21/h1-3,6-11,14-17H,4-5,12-13,18H2,(H,30,34). The highest BCUT2D eigenvalue weighted by Crippen LogP contribution is 2.26. The van der Waals surface area contributed by atoms with E-state index < -0.39 is 0 Å². The fourth-order valence-electron chi connectivity index (χ4n) is 4.45. The number of carbonyl (C=O) groups is 1. The first kappa shape index (κ1) is 21.1. The molecule has 5 heterocycles. The number of hydrogen-bond donors (Lipinski definition) is 1. The van der Waals surface area contributed by atoms with E-state index in [-0.39, 0.29) is 5.91 Å². The maximum Gasteiger partial charge on any atom is 0.256 e. The Balaban J connectivity index is 1.35. The SMILES string of the molecule is O=C(Nc1ccc(N2CCCC2)nc1)c1cc(-c2ccccc2)nc2c1cnn2Cc1ccco1. The zero-order valence-electron chi connectivity index (χ0n) is 19.1. The zero-order chi connectivity index (χ0) is 23.6. The second-order valence-electron chi connectivity index (χ2n) is 8.59. The average Bonchev–Trinajstić information content (AvgIpc) is 3.68. The molecule has 0 unspecified atom stereocenters. The van der Waals surface area contributed by atoms with Crippen LogP contribution >= 0.6 is 0 Å². The van der Waals surface area contributed by atoms with E-state index in [0.717, 1.165) is 30.2 Å². The van der Waals surface area contributed by atoms with Crippen LogP contribution in [-0.2, 0) is 6.54 Å². The van der Waals surface area contributed by atoms with Gasteiger partial charge in [0.05, 0.1) is 41.0 Å². The molecule has 8 heteroatoms. The van der Waals surface area contributed by atoms with Crippen molar-refractivity contribution in [2.75, 3.05) is 23.3 Å². The fraction of sp³-hybridized carbons (Fsp3) is 0.185. The smallest absolute Gasteiger partial charge is 0.256 e. The molecule has 0 saturated carbocycles. The van der Waals surface area contributed by atoms with Crippen molar-refractivity contribution in [1.82, 2.24) is 19.7 Å². The van der Waals surface area contributed by atoms with Crippen LogP contribution in [0.1, 0.15) is 29.0 Å². The molecule has 1 amide bonds. The highest BCUT2D eigenvalue weighted by molar-refractivity contribution is 6.12. The van der Waals surface area contributed by atoms with Crippen molar-refractivity contribution in [2.45, 2.75) is 19.4 Å². The van der Waals surface area contributed by atoms with Gasteiger partial charge in [-0.25, -0.2) is 14.6 Å². The fourth-order valence-corrected chi connectivity index (χ4v) is 4.45. The van der Waals surface area contributed by atoms with Crippen LogP contribution in [-0.4, -0.2) is 38.7 Å². The number of furan rings is 1. The summed E-state index contributed by atoms with van der Waals surface area (Å²) >= 11 is 0. The molecule has 0 atom stereocenters. The van der Waals surface area contributed by atoms with E-state index in [1.807, 2.05) is 60.7 Å². The lowest BCUT2D eigenvalue weighted by molar-refractivity contribution is 0.102. The number of nitrogens with one attached hydrogen (secondary N) is 1. The van der Waals surface area contributed by atoms with Crippen molar-refractivity contribution in [3.63, 3.8) is 0 Å². The Labute approximate surface area is 202 Å². The Kier molecular flexibility index (Phi) is 5.46. The summed E-state index contributed by atoms with van der Waals surface area (Å²) < 4.78 is 7.25. The van der Waals surface area contributed by atoms with E-state index in [1.165, 1.54) is 12.8 Å². The molecule has 0 bridgehead atoms. The van der Waals surface area contributed by atoms with Crippen LogP contribution < -0.4 is 10.2 Å². The number of rotatable bonds is 6. The molecule has 1 saturated heterocycles. The van der Waals surface area contributed by atoms with Crippen molar-refractivity contribution in [3.8, 4) is 11.3 Å². The summed E-state index contributed by atoms with van der Waals surface area (Å²) in [5, 5.41) is 8.18. The summed E-state index contributed by atoms with van der Waals surface area (Å²) in [6.45, 7) is 2.47. The predicted octanol–water partition coefficient (Wildman–Crippen LogP) is 4.99. The first-order chi connectivity index (χ1) is 17.2. The number of anilines is 2. The predicted molar refractivity (Wildman–Crippen MR) is 134 cm³/mol. The molecule has 0 aliphatic carbocycles. The molecule has 1 aliphatic heterocycles. The van der Waals surface area contributed by atoms with E-state index in [1.54, 1.807) is 23.3 Å². The molecule has 1 fully saturated rings. The first-order valence-corrected chi connectivity index (χ1v) is 11.7. The Morgan fingerprint density at radius 2 is 1.86 bits per heavy atom. The van der Waals surface area contributed by atoms with E-state index in [2.05, 4.69) is 20.3 Å². The maximum atomic E-state index is 13.4. The summed E-state index contributed by atoms with van der Waals surface area (Å²) in [6.07, 6.45) is 7.41. The molecule has 1 N–H and O–H groups in total. The molecule has 8 nitrogen and oxygen atoms in total. The second kappa shape index (κ2) is 9.06. The van der Waals surface area contributed by atoms with Gasteiger partial charge in [0.2, 0.25) is 0 Å². The van der Waals surface area contributed by atoms with Crippen molar-refractivity contribution in [2.24, 2.45) is 0 Å². The minimum atomic E-state index is -0.233. The van der Waals surface area contributed by atoms with Gasteiger partial charge >= 0.3 is 0 Å². The van der Waals surface area contributed by atoms with Gasteiger partial charge in [-0.2, -0.15) is 5.10 Å². The summed E-state index contributed by atoms with van der Waals surface area (Å²) in [4.78, 5) is 25.1. The number of nitrogens with zero attached hydrogens (tertiary/aromatic N) is 5. The van der Waals surface area contributed by atoms with Crippen LogP contribution in [0, 0.1) is 0 Å². The molecule has 6 rings (SSSR count). The minimum absolute atomic E-state index is 0.233. The lowest BCUT2D eigenvalue weighted by Crippen LogP contribution is -2.19. The highest BCUT2D eigenvalue weighted by atomic mass is 16.3. The van der Waals surface area contributed by atoms with Crippen LogP contribution in [0.2, 0.25) is 0 Å². The number of pyridine rings is 2. The number of amides is 1. The molecule has 5 aromatic rings. The number of hydrogen-bond acceptors (Lipinski definition) is 6. The summed E-state index contributed by atoms with van der Waals surface area (Å²) in [7, 11) is 0. The van der Waals surface area contributed by atoms with Gasteiger partial charge in [-0.3, -0.25) is 4.79 Å². The van der Waals surface area contributed by atoms with E-state index >= 15 is 0 Å². The summed E-state index contributed by atoms with van der Waals surface area (Å²) in [6, 6.07) is 19.2. The molecule has 1 aromatic carbocycles. The lowest BCUT2D eigenvalue weighted by Gasteiger charge is -2.16. The van der Waals surface area contributed by atoms with Gasteiger partial charge in [-0.15, -0.1) is 0 Å². The molecule has 0 radical (unpaired) electrons. The molecular formula is C27H24N6O2. The van der Waals surface area contributed by atoms with Crippen LogP contribution in [0.4, 0.5) is 11.5 Å². The third kappa shape index (κ3) is 4.26. The Bertz CT molecular complexity index is 1450. The largest absolute Gasteiger partial charge is 0.467 e. The summed E-state index contributed by atoms with van der Waals surface area (Å²) in [5.41, 5.74) is 3.39. The molecular weight excluding hydrogens is 440 g/mol. The van der Waals surface area contributed by atoms with Gasteiger partial charge in [0, 0.05) is 18.7 Å². The molecule has 174 valence electrons. The average molecular weight is 465 g/mol. The van der Waals surface area contributed by atoms with Crippen LogP contribution in [0.3, 0.4) is 0 Å². The van der Waals surface area contributed by atoms with E-state index in [0.29, 0.717) is 34.5 Å². The van der Waals surface area contributed by atoms with Crippen molar-refractivity contribution >= 4 is 28.4 Å². The quantitative estimate of drug-likeness (QED) is 0.381. The topological polar surface area (TPSA) is 89.1 Å². The monoisotopic (exact) mass is 464 g/mol. The van der Waals surface area contributed by atoms with Gasteiger partial charge in [-0.1, -0.05) is 30.3 Å². The van der Waals surface area contributed by atoms with E-state index in [9.17, 15) is 4.79 Å². The molecule has 4 aromatic heterocycles. The number of carbonyl (C=O) groups excluding carboxylic acids is 1.